The monoisotopic (exact) mass is 430 g/mol. The molecule has 1 aliphatic heterocycles. The van der Waals surface area contributed by atoms with Crippen LogP contribution in [0.15, 0.2) is 36.4 Å². The summed E-state index contributed by atoms with van der Waals surface area (Å²) < 4.78 is 7.13. The Morgan fingerprint density at radius 2 is 1.77 bits per heavy atom. The zero-order valence-corrected chi connectivity index (χ0v) is 17.9. The first-order valence-corrected chi connectivity index (χ1v) is 9.88. The Labute approximate surface area is 181 Å². The molecule has 1 fully saturated rings. The third kappa shape index (κ3) is 3.82. The smallest absolute Gasteiger partial charge is 0.298 e. The number of hydrogen-bond donors (Lipinski definition) is 1. The third-order valence-corrected chi connectivity index (χ3v) is 5.76. The van der Waals surface area contributed by atoms with Gasteiger partial charge in [-0.05, 0) is 69.3 Å². The average Bonchev–Trinajstić information content (AvgIpc) is 3.03. The van der Waals surface area contributed by atoms with Crippen molar-refractivity contribution in [1.29, 1.82) is 0 Å². The van der Waals surface area contributed by atoms with Gasteiger partial charge in [-0.1, -0.05) is 6.42 Å². The number of hydrogen-bond acceptors (Lipinski definition) is 5. The van der Waals surface area contributed by atoms with Crippen LogP contribution < -0.4 is 17.1 Å². The number of aromatic nitrogens is 1. The molecule has 8 heteroatoms. The summed E-state index contributed by atoms with van der Waals surface area (Å²) in [4.78, 5) is 13.8. The van der Waals surface area contributed by atoms with Gasteiger partial charge in [0.1, 0.15) is 11.5 Å². The fraction of sp³-hybridized carbons (Fsp3) is 0.364. The molecular weight excluding hydrogens is 406 g/mol. The number of piperidine rings is 1. The van der Waals surface area contributed by atoms with Crippen LogP contribution in [-0.2, 0) is 6.54 Å². The van der Waals surface area contributed by atoms with Crippen molar-refractivity contribution in [2.45, 2.75) is 32.7 Å². The number of phenolic OH excluding ortho intramolecular Hbond substituents is 1. The molecule has 0 amide bonds. The number of rotatable bonds is 5. The van der Waals surface area contributed by atoms with Crippen LogP contribution in [0.1, 0.15) is 30.5 Å². The summed E-state index contributed by atoms with van der Waals surface area (Å²) in [5.41, 5.74) is 2.85. The summed E-state index contributed by atoms with van der Waals surface area (Å²) in [6.07, 6.45) is 3.49. The second kappa shape index (κ2) is 8.93. The molecule has 3 aromatic rings. The largest absolute Gasteiger partial charge is 1.00 e. The number of nitrogens with zero attached hydrogens (tertiary/aromatic N) is 3. The number of halogens is 1. The van der Waals surface area contributed by atoms with Crippen molar-refractivity contribution in [3.63, 3.8) is 0 Å². The van der Waals surface area contributed by atoms with E-state index in [1.807, 2.05) is 28.8 Å². The summed E-state index contributed by atoms with van der Waals surface area (Å²) in [6.45, 7) is 4.27. The summed E-state index contributed by atoms with van der Waals surface area (Å²) in [6, 6.07) is 10.6. The van der Waals surface area contributed by atoms with E-state index in [0.29, 0.717) is 28.9 Å². The predicted octanol–water partition coefficient (Wildman–Crippen LogP) is 1.55. The van der Waals surface area contributed by atoms with Crippen LogP contribution in [0, 0.1) is 17.0 Å². The van der Waals surface area contributed by atoms with E-state index in [1.54, 1.807) is 26.2 Å². The number of fused-ring (bicyclic) bond motifs is 1. The molecule has 0 radical (unpaired) electrons. The van der Waals surface area contributed by atoms with Gasteiger partial charge in [0, 0.05) is 17.8 Å². The molecular formula is C22H25ClN3O4-. The topological polar surface area (TPSA) is 80.8 Å². The minimum Gasteiger partial charge on any atom is -1.00 e. The second-order valence-corrected chi connectivity index (χ2v) is 7.52. The van der Waals surface area contributed by atoms with Crippen molar-refractivity contribution < 1.29 is 27.2 Å². The first-order valence-electron chi connectivity index (χ1n) is 9.88. The summed E-state index contributed by atoms with van der Waals surface area (Å²) in [7, 11) is 1.60. The van der Waals surface area contributed by atoms with Gasteiger partial charge in [0.05, 0.1) is 28.6 Å². The molecule has 0 bridgehead atoms. The summed E-state index contributed by atoms with van der Waals surface area (Å²) in [5.74, 6) is 0.888. The van der Waals surface area contributed by atoms with Gasteiger partial charge in [-0.2, -0.15) is 0 Å². The lowest BCUT2D eigenvalue weighted by molar-refractivity contribution is -0.383. The van der Waals surface area contributed by atoms with Gasteiger partial charge in [-0.15, -0.1) is 0 Å². The van der Waals surface area contributed by atoms with E-state index in [-0.39, 0.29) is 28.8 Å². The molecule has 1 N–H and O–H groups in total. The van der Waals surface area contributed by atoms with Crippen LogP contribution in [0.2, 0.25) is 0 Å². The Morgan fingerprint density at radius 1 is 1.10 bits per heavy atom. The second-order valence-electron chi connectivity index (χ2n) is 7.52. The molecule has 0 aliphatic carbocycles. The molecule has 2 aromatic carbocycles. The molecule has 30 heavy (non-hydrogen) atoms. The number of ether oxygens (including phenoxy) is 1. The van der Waals surface area contributed by atoms with Gasteiger partial charge in [-0.3, -0.25) is 15.0 Å². The quantitative estimate of drug-likeness (QED) is 0.490. The van der Waals surface area contributed by atoms with Crippen molar-refractivity contribution in [1.82, 2.24) is 9.47 Å². The maximum absolute atomic E-state index is 11.9. The van der Waals surface area contributed by atoms with E-state index < -0.39 is 0 Å². The number of nitro groups is 1. The molecule has 160 valence electrons. The lowest BCUT2D eigenvalue weighted by Crippen LogP contribution is -3.00. The molecule has 1 aromatic heterocycles. The minimum atomic E-state index is -0.334. The Bertz CT molecular complexity index is 1060. The molecule has 7 nitrogen and oxygen atoms in total. The Balaban J connectivity index is 0.00000256. The van der Waals surface area contributed by atoms with Crippen LogP contribution in [-0.4, -0.2) is 39.7 Å². The Hall–Kier alpha value is -2.77. The van der Waals surface area contributed by atoms with Gasteiger partial charge >= 0.3 is 0 Å². The normalized spacial score (nSPS) is 14.5. The molecule has 0 saturated carbocycles. The Morgan fingerprint density at radius 3 is 2.37 bits per heavy atom. The molecule has 0 spiro atoms. The molecule has 1 saturated heterocycles. The highest BCUT2D eigenvalue weighted by Gasteiger charge is 2.28. The number of likely N-dealkylation sites (tertiary alicyclic amines) is 1. The number of aromatic hydroxyl groups is 1. The van der Waals surface area contributed by atoms with E-state index in [0.717, 1.165) is 37.2 Å². The third-order valence-electron chi connectivity index (χ3n) is 5.76. The SMILES string of the molecule is COc1ccc(-n2c(C)c([N+](=O)[O-])c3ccc(O)c(CN4CCCCC4)c32)cc1.[Cl-]. The highest BCUT2D eigenvalue weighted by atomic mass is 35.5. The minimum absolute atomic E-state index is 0. The number of phenols is 1. The highest BCUT2D eigenvalue weighted by molar-refractivity contribution is 5.96. The maximum Gasteiger partial charge on any atom is 0.298 e. The van der Waals surface area contributed by atoms with Crippen LogP contribution in [0.25, 0.3) is 16.6 Å². The summed E-state index contributed by atoms with van der Waals surface area (Å²) >= 11 is 0. The lowest BCUT2D eigenvalue weighted by Gasteiger charge is -2.27. The molecule has 2 heterocycles. The van der Waals surface area contributed by atoms with E-state index in [9.17, 15) is 15.2 Å². The zero-order chi connectivity index (χ0) is 20.5. The van der Waals surface area contributed by atoms with Crippen molar-refractivity contribution >= 4 is 16.6 Å². The molecule has 1 aliphatic rings. The van der Waals surface area contributed by atoms with Gasteiger partial charge in [0.2, 0.25) is 0 Å². The van der Waals surface area contributed by atoms with E-state index in [1.165, 1.54) is 6.42 Å². The van der Waals surface area contributed by atoms with Crippen molar-refractivity contribution in [2.75, 3.05) is 20.2 Å². The number of benzene rings is 2. The van der Waals surface area contributed by atoms with Gasteiger partial charge in [0.25, 0.3) is 5.69 Å². The molecule has 0 unspecified atom stereocenters. The van der Waals surface area contributed by atoms with E-state index >= 15 is 0 Å². The fourth-order valence-corrected chi connectivity index (χ4v) is 4.32. The first-order chi connectivity index (χ1) is 14.0. The molecule has 4 rings (SSSR count). The van der Waals surface area contributed by atoms with Gasteiger partial charge < -0.3 is 26.8 Å². The van der Waals surface area contributed by atoms with Gasteiger partial charge in [-0.25, -0.2) is 0 Å². The van der Waals surface area contributed by atoms with E-state index in [2.05, 4.69) is 4.90 Å². The average molecular weight is 431 g/mol. The van der Waals surface area contributed by atoms with E-state index in [4.69, 9.17) is 4.74 Å². The van der Waals surface area contributed by atoms with Crippen LogP contribution in [0.5, 0.6) is 11.5 Å². The lowest BCUT2D eigenvalue weighted by atomic mass is 10.1. The first kappa shape index (κ1) is 21.9. The number of methoxy groups -OCH3 is 1. The predicted molar refractivity (Wildman–Crippen MR) is 112 cm³/mol. The summed E-state index contributed by atoms with van der Waals surface area (Å²) in [5, 5.41) is 23.1. The van der Waals surface area contributed by atoms with Crippen molar-refractivity contribution in [2.24, 2.45) is 0 Å². The standard InChI is InChI=1S/C22H25N3O4.ClH/c1-15-21(25(27)28)18-10-11-20(26)19(14-23-12-4-3-5-13-23)22(18)24(15)16-6-8-17(29-2)9-7-16;/h6-11,26H,3-5,12-14H2,1-2H3;1H/p-1. The van der Waals surface area contributed by atoms with Crippen molar-refractivity contribution in [3.05, 3.63) is 57.8 Å². The van der Waals surface area contributed by atoms with Crippen LogP contribution in [0.3, 0.4) is 0 Å². The maximum atomic E-state index is 11.9. The molecule has 0 atom stereocenters. The zero-order valence-electron chi connectivity index (χ0n) is 17.1. The van der Waals surface area contributed by atoms with Gasteiger partial charge in [0.15, 0.2) is 0 Å². The fourth-order valence-electron chi connectivity index (χ4n) is 4.32. The highest BCUT2D eigenvalue weighted by Crippen LogP contribution is 2.40. The van der Waals surface area contributed by atoms with Crippen LogP contribution in [0.4, 0.5) is 5.69 Å². The van der Waals surface area contributed by atoms with Crippen LogP contribution >= 0.6 is 0 Å². The Kier molecular flexibility index (Phi) is 6.53. The van der Waals surface area contributed by atoms with Crippen molar-refractivity contribution in [3.8, 4) is 17.2 Å².